The largest absolute Gasteiger partial charge is 0.247 e. The van der Waals surface area contributed by atoms with E-state index >= 15 is 0 Å². The second-order valence-electron chi connectivity index (χ2n) is 15.6. The lowest BCUT2D eigenvalue weighted by Crippen LogP contribution is -2.09. The zero-order chi connectivity index (χ0) is 40.0. The first-order valence-electron chi connectivity index (χ1n) is 20.5. The van der Waals surface area contributed by atoms with Crippen LogP contribution in [0.4, 0.5) is 0 Å². The molecule has 7 aromatic carbocycles. The topological polar surface area (TPSA) is 38.7 Å². The van der Waals surface area contributed by atoms with Gasteiger partial charge in [0.05, 0.1) is 22.6 Å². The molecule has 60 heavy (non-hydrogen) atoms. The number of aromatic nitrogens is 3. The minimum Gasteiger partial charge on any atom is -0.247 e. The summed E-state index contributed by atoms with van der Waals surface area (Å²) in [6.45, 7) is 2.34. The number of thioether (sulfide) groups is 1. The molecule has 0 saturated carbocycles. The molecule has 1 aliphatic heterocycles. The molecule has 3 heterocycles. The van der Waals surface area contributed by atoms with Crippen LogP contribution in [0.1, 0.15) is 18.4 Å². The van der Waals surface area contributed by atoms with Crippen molar-refractivity contribution >= 4 is 22.7 Å². The summed E-state index contributed by atoms with van der Waals surface area (Å²) in [5.41, 5.74) is 16.6. The van der Waals surface area contributed by atoms with Crippen molar-refractivity contribution in [3.8, 4) is 78.5 Å². The van der Waals surface area contributed by atoms with Crippen molar-refractivity contribution in [2.75, 3.05) is 0 Å². The molecule has 2 aliphatic rings. The number of hydrogen-bond donors (Lipinski definition) is 0. The van der Waals surface area contributed by atoms with E-state index in [4.69, 9.17) is 15.0 Å². The summed E-state index contributed by atoms with van der Waals surface area (Å²) in [5.74, 6) is 1.43. The summed E-state index contributed by atoms with van der Waals surface area (Å²) in [7, 11) is 0. The summed E-state index contributed by atoms with van der Waals surface area (Å²) in [4.78, 5) is 18.3. The highest BCUT2D eigenvalue weighted by Crippen LogP contribution is 2.58. The fourth-order valence-electron chi connectivity index (χ4n) is 8.71. The van der Waals surface area contributed by atoms with Gasteiger partial charge in [0.1, 0.15) is 0 Å². The van der Waals surface area contributed by atoms with Gasteiger partial charge in [0.15, 0.2) is 5.82 Å². The maximum absolute atomic E-state index is 5.43. The molecule has 3 nitrogen and oxygen atoms in total. The number of pyridine rings is 1. The van der Waals surface area contributed by atoms with Crippen LogP contribution in [-0.2, 0) is 0 Å². The maximum atomic E-state index is 5.43. The second kappa shape index (κ2) is 15.2. The van der Waals surface area contributed by atoms with Crippen LogP contribution in [0.2, 0.25) is 0 Å². The van der Waals surface area contributed by atoms with Gasteiger partial charge in [-0.05, 0) is 74.0 Å². The van der Waals surface area contributed by atoms with Crippen LogP contribution < -0.4 is 0 Å². The molecule has 284 valence electrons. The highest BCUT2D eigenvalue weighted by atomic mass is 32.2. The molecular weight excluding hydrogens is 747 g/mol. The van der Waals surface area contributed by atoms with E-state index in [-0.39, 0.29) is 0 Å². The lowest BCUT2D eigenvalue weighted by Gasteiger charge is -2.22. The van der Waals surface area contributed by atoms with Gasteiger partial charge in [0.2, 0.25) is 0 Å². The number of nitrogens with zero attached hydrogens (tertiary/aromatic N) is 3. The number of benzene rings is 7. The van der Waals surface area contributed by atoms with Gasteiger partial charge in [-0.2, -0.15) is 0 Å². The van der Waals surface area contributed by atoms with Crippen LogP contribution in [0.25, 0.3) is 89.4 Å². The Kier molecular flexibility index (Phi) is 9.13. The highest BCUT2D eigenvalue weighted by Gasteiger charge is 2.37. The molecule has 2 atom stereocenters. The molecule has 0 fully saturated rings. The molecule has 0 bridgehead atoms. The Labute approximate surface area is 354 Å². The predicted molar refractivity (Wildman–Crippen MR) is 250 cm³/mol. The van der Waals surface area contributed by atoms with Gasteiger partial charge in [-0.15, -0.1) is 0 Å². The molecule has 0 radical (unpaired) electrons. The predicted octanol–water partition coefficient (Wildman–Crippen LogP) is 15.0. The molecule has 0 spiro atoms. The van der Waals surface area contributed by atoms with Crippen molar-refractivity contribution in [3.63, 3.8) is 0 Å². The fourth-order valence-corrected chi connectivity index (χ4v) is 10.2. The molecule has 9 aromatic rings. The Morgan fingerprint density at radius 3 is 1.58 bits per heavy atom. The minimum atomic E-state index is 0.319. The summed E-state index contributed by atoms with van der Waals surface area (Å²) in [6, 6.07) is 66.5. The van der Waals surface area contributed by atoms with Crippen molar-refractivity contribution in [2.45, 2.75) is 17.7 Å². The molecular formula is C56H39N3S. The average Bonchev–Trinajstić information content (AvgIpc) is 3.73. The van der Waals surface area contributed by atoms with Crippen LogP contribution in [0.15, 0.2) is 216 Å². The number of fused-ring (bicyclic) bond motifs is 5. The highest BCUT2D eigenvalue weighted by molar-refractivity contribution is 8.03. The van der Waals surface area contributed by atoms with E-state index in [2.05, 4.69) is 189 Å². The Balaban J connectivity index is 0.957. The summed E-state index contributed by atoms with van der Waals surface area (Å²) in [5, 5.41) is 1.25. The molecule has 0 amide bonds. The van der Waals surface area contributed by atoms with Crippen LogP contribution in [0.5, 0.6) is 0 Å². The molecule has 4 heteroatoms. The van der Waals surface area contributed by atoms with Gasteiger partial charge in [-0.1, -0.05) is 201 Å². The van der Waals surface area contributed by atoms with Crippen molar-refractivity contribution in [2.24, 2.45) is 5.92 Å². The zero-order valence-electron chi connectivity index (χ0n) is 33.0. The lowest BCUT2D eigenvalue weighted by molar-refractivity contribution is 0.631. The van der Waals surface area contributed by atoms with E-state index < -0.39 is 0 Å². The Morgan fingerprint density at radius 2 is 0.933 bits per heavy atom. The molecule has 0 N–H and O–H groups in total. The van der Waals surface area contributed by atoms with E-state index in [1.54, 1.807) is 0 Å². The van der Waals surface area contributed by atoms with Crippen molar-refractivity contribution in [3.05, 3.63) is 217 Å². The standard InChI is InChI=1S/C56H39N3S/c1-36-13-11-22-51-52(36)53-47-34-45(38-16-7-3-8-17-38)31-32-48(47)57-54(55(53)60-51)46-21-12-20-44(33-46)40-25-29-42(30-26-40)50-35-49(58-56(59-50)43-18-9-4-10-19-43)41-27-23-39(24-28-41)37-14-5-2-6-15-37/h2-36,52H,1H3. The van der Waals surface area contributed by atoms with Crippen LogP contribution in [0.3, 0.4) is 0 Å². The maximum Gasteiger partial charge on any atom is 0.160 e. The fraction of sp³-hybridized carbons (Fsp3) is 0.0536. The Hall–Kier alpha value is -7.14. The van der Waals surface area contributed by atoms with Gasteiger partial charge < -0.3 is 0 Å². The van der Waals surface area contributed by atoms with Gasteiger partial charge in [-0.25, -0.2) is 15.0 Å². The quantitative estimate of drug-likeness (QED) is 0.161. The van der Waals surface area contributed by atoms with Gasteiger partial charge in [0, 0.05) is 38.5 Å². The SMILES string of the molecule is CC1C=CC=C2Sc3c(-c4cccc(-c5ccc(-c6cc(-c7ccc(-c8ccccc8)cc7)nc(-c7ccccc7)n6)cc5)c4)nc4ccc(-c5ccccc5)cc4c3C21. The van der Waals surface area contributed by atoms with Gasteiger partial charge >= 0.3 is 0 Å². The smallest absolute Gasteiger partial charge is 0.160 e. The number of rotatable bonds is 7. The molecule has 2 unspecified atom stereocenters. The van der Waals surface area contributed by atoms with Crippen LogP contribution in [-0.4, -0.2) is 15.0 Å². The number of hydrogen-bond acceptors (Lipinski definition) is 4. The molecule has 11 rings (SSSR count). The minimum absolute atomic E-state index is 0.319. The van der Waals surface area contributed by atoms with Crippen molar-refractivity contribution in [1.29, 1.82) is 0 Å². The van der Waals surface area contributed by atoms with Gasteiger partial charge in [0.25, 0.3) is 0 Å². The monoisotopic (exact) mass is 785 g/mol. The summed E-state index contributed by atoms with van der Waals surface area (Å²) in [6.07, 6.45) is 6.86. The third kappa shape index (κ3) is 6.65. The first-order chi connectivity index (χ1) is 29.6. The molecule has 1 aliphatic carbocycles. The van der Waals surface area contributed by atoms with E-state index in [9.17, 15) is 0 Å². The van der Waals surface area contributed by atoms with Gasteiger partial charge in [-0.3, -0.25) is 0 Å². The first kappa shape index (κ1) is 36.0. The van der Waals surface area contributed by atoms with Crippen molar-refractivity contribution < 1.29 is 0 Å². The van der Waals surface area contributed by atoms with E-state index in [0.717, 1.165) is 56.0 Å². The third-order valence-corrected chi connectivity index (χ3v) is 13.1. The van der Waals surface area contributed by atoms with Crippen LogP contribution >= 0.6 is 11.8 Å². The Morgan fingerprint density at radius 1 is 0.433 bits per heavy atom. The summed E-state index contributed by atoms with van der Waals surface area (Å²) >= 11 is 1.90. The Bertz CT molecular complexity index is 3100. The first-order valence-corrected chi connectivity index (χ1v) is 21.4. The third-order valence-electron chi connectivity index (χ3n) is 11.8. The average molecular weight is 786 g/mol. The van der Waals surface area contributed by atoms with E-state index in [1.165, 1.54) is 43.0 Å². The van der Waals surface area contributed by atoms with Crippen LogP contribution in [0, 0.1) is 5.92 Å². The van der Waals surface area contributed by atoms with E-state index in [1.807, 2.05) is 36.0 Å². The van der Waals surface area contributed by atoms with E-state index in [0.29, 0.717) is 17.7 Å². The second-order valence-corrected chi connectivity index (χ2v) is 16.7. The van der Waals surface area contributed by atoms with Crippen molar-refractivity contribution in [1.82, 2.24) is 15.0 Å². The molecule has 0 saturated heterocycles. The lowest BCUT2D eigenvalue weighted by atomic mass is 9.82. The number of allylic oxidation sites excluding steroid dienone is 4. The zero-order valence-corrected chi connectivity index (χ0v) is 33.9. The molecule has 2 aromatic heterocycles. The normalized spacial score (nSPS) is 15.4. The summed E-state index contributed by atoms with van der Waals surface area (Å²) < 4.78 is 0.